The van der Waals surface area contributed by atoms with Crippen molar-refractivity contribution >= 4 is 29.4 Å². The zero-order valence-electron chi connectivity index (χ0n) is 21.0. The van der Waals surface area contributed by atoms with E-state index < -0.39 is 17.2 Å². The average molecular weight is 510 g/mol. The fraction of sp³-hybridized carbons (Fsp3) is 0.481. The average Bonchev–Trinajstić information content (AvgIpc) is 3.55. The number of aliphatic imine (C=N–C) groups is 1. The molecule has 1 fully saturated rings. The molecule has 2 aliphatic heterocycles. The first-order valence-electron chi connectivity index (χ1n) is 12.3. The molecule has 2 amide bonds. The van der Waals surface area contributed by atoms with E-state index in [9.17, 15) is 9.59 Å². The number of amides is 2. The van der Waals surface area contributed by atoms with Gasteiger partial charge < -0.3 is 15.8 Å². The predicted octanol–water partition coefficient (Wildman–Crippen LogP) is 4.16. The summed E-state index contributed by atoms with van der Waals surface area (Å²) in [6, 6.07) is 8.96. The standard InChI is InChI=1S/C27H32ClN5O3/c1-26(2)12-22(34)33(25(29)32-26)23(15-9-16(28)14-30-13-15)18-10-19(18)24(35)31-20-11-27(3,4)36-21-8-6-5-7-17(20)21/h5-9,13-14,18-20,23H,10-12H2,1-4H3,(H2,29,32)(H,31,35)/t18?,19-,20+,23-/m1/s1. The van der Waals surface area contributed by atoms with Crippen LogP contribution in [0.2, 0.25) is 5.02 Å². The second kappa shape index (κ2) is 8.76. The van der Waals surface area contributed by atoms with Crippen molar-refractivity contribution in [1.29, 1.82) is 0 Å². The first kappa shape index (κ1) is 24.6. The lowest BCUT2D eigenvalue weighted by Gasteiger charge is -2.38. The summed E-state index contributed by atoms with van der Waals surface area (Å²) in [5.41, 5.74) is 7.07. The van der Waals surface area contributed by atoms with Crippen LogP contribution in [-0.4, -0.2) is 38.8 Å². The van der Waals surface area contributed by atoms with Crippen molar-refractivity contribution in [3.63, 3.8) is 0 Å². The summed E-state index contributed by atoms with van der Waals surface area (Å²) < 4.78 is 6.11. The third-order valence-electron chi connectivity index (χ3n) is 7.14. The second-order valence-corrected chi connectivity index (χ2v) is 11.7. The predicted molar refractivity (Wildman–Crippen MR) is 137 cm³/mol. The monoisotopic (exact) mass is 509 g/mol. The lowest BCUT2D eigenvalue weighted by atomic mass is 9.89. The van der Waals surface area contributed by atoms with Gasteiger partial charge in [0.25, 0.3) is 0 Å². The van der Waals surface area contributed by atoms with Crippen molar-refractivity contribution in [1.82, 2.24) is 15.2 Å². The molecule has 1 saturated carbocycles. The number of halogens is 1. The Hall–Kier alpha value is -3.13. The van der Waals surface area contributed by atoms with E-state index >= 15 is 0 Å². The summed E-state index contributed by atoms with van der Waals surface area (Å²) in [4.78, 5) is 37.1. The van der Waals surface area contributed by atoms with E-state index in [1.54, 1.807) is 18.5 Å². The van der Waals surface area contributed by atoms with E-state index in [1.165, 1.54) is 4.90 Å². The van der Waals surface area contributed by atoms with Gasteiger partial charge in [0.05, 0.1) is 29.1 Å². The molecular weight excluding hydrogens is 478 g/mol. The van der Waals surface area contributed by atoms with Crippen LogP contribution in [0.5, 0.6) is 5.75 Å². The highest BCUT2D eigenvalue weighted by Crippen LogP contribution is 2.52. The van der Waals surface area contributed by atoms with Crippen LogP contribution in [0.1, 0.15) is 70.2 Å². The van der Waals surface area contributed by atoms with Crippen molar-refractivity contribution in [3.8, 4) is 5.75 Å². The number of nitrogens with one attached hydrogen (secondary N) is 1. The Morgan fingerprint density at radius 1 is 1.25 bits per heavy atom. The topological polar surface area (TPSA) is 110 Å². The maximum atomic E-state index is 13.5. The van der Waals surface area contributed by atoms with E-state index in [0.717, 1.165) is 16.9 Å². The van der Waals surface area contributed by atoms with Crippen molar-refractivity contribution in [2.24, 2.45) is 22.6 Å². The Balaban J connectivity index is 1.41. The quantitative estimate of drug-likeness (QED) is 0.629. The summed E-state index contributed by atoms with van der Waals surface area (Å²) in [5, 5.41) is 3.71. The molecule has 1 aromatic carbocycles. The summed E-state index contributed by atoms with van der Waals surface area (Å²) >= 11 is 6.25. The first-order valence-corrected chi connectivity index (χ1v) is 12.7. The van der Waals surface area contributed by atoms with Crippen molar-refractivity contribution in [2.45, 2.75) is 70.2 Å². The number of para-hydroxylation sites is 1. The number of carbonyl (C=O) groups is 2. The molecule has 8 nitrogen and oxygen atoms in total. The Bertz CT molecular complexity index is 1240. The molecule has 0 saturated heterocycles. The normalized spacial score (nSPS) is 26.8. The maximum Gasteiger partial charge on any atom is 0.232 e. The van der Waals surface area contributed by atoms with Crippen LogP contribution in [0.15, 0.2) is 47.7 Å². The third-order valence-corrected chi connectivity index (χ3v) is 7.34. The number of nitrogens with two attached hydrogens (primary N) is 1. The van der Waals surface area contributed by atoms with Gasteiger partial charge in [0.2, 0.25) is 11.8 Å². The van der Waals surface area contributed by atoms with Gasteiger partial charge in [-0.3, -0.25) is 19.5 Å². The minimum atomic E-state index is -0.571. The van der Waals surface area contributed by atoms with Crippen LogP contribution in [0.25, 0.3) is 0 Å². The second-order valence-electron chi connectivity index (χ2n) is 11.3. The van der Waals surface area contributed by atoms with Crippen LogP contribution in [0.3, 0.4) is 0 Å². The molecule has 1 unspecified atom stereocenters. The van der Waals surface area contributed by atoms with Gasteiger partial charge in [-0.2, -0.15) is 0 Å². The van der Waals surface area contributed by atoms with Crippen LogP contribution in [-0.2, 0) is 9.59 Å². The zero-order valence-corrected chi connectivity index (χ0v) is 21.7. The molecule has 1 aromatic heterocycles. The van der Waals surface area contributed by atoms with Crippen LogP contribution in [0.4, 0.5) is 0 Å². The molecule has 0 radical (unpaired) electrons. The van der Waals surface area contributed by atoms with E-state index in [1.807, 2.05) is 52.0 Å². The summed E-state index contributed by atoms with van der Waals surface area (Å²) in [6.07, 6.45) is 4.74. The molecule has 36 heavy (non-hydrogen) atoms. The SMILES string of the molecule is CC1(C)CC(=O)N([C@H](c2cncc(Cl)c2)C2C[C@H]2C(=O)N[C@H]2CC(C)(C)Oc3ccccc32)C(N)=N1. The number of carbonyl (C=O) groups excluding carboxylic acids is 2. The molecule has 4 atom stereocenters. The van der Waals surface area contributed by atoms with Crippen molar-refractivity contribution in [2.75, 3.05) is 0 Å². The number of hydrogen-bond donors (Lipinski definition) is 2. The molecule has 5 rings (SSSR count). The van der Waals surface area contributed by atoms with Gasteiger partial charge >= 0.3 is 0 Å². The lowest BCUT2D eigenvalue weighted by Crippen LogP contribution is -2.52. The number of hydrogen-bond acceptors (Lipinski definition) is 6. The lowest BCUT2D eigenvalue weighted by molar-refractivity contribution is -0.132. The Morgan fingerprint density at radius 2 is 2.00 bits per heavy atom. The maximum absolute atomic E-state index is 13.5. The molecule has 9 heteroatoms. The smallest absolute Gasteiger partial charge is 0.232 e. The van der Waals surface area contributed by atoms with Crippen LogP contribution >= 0.6 is 11.6 Å². The fourth-order valence-corrected chi connectivity index (χ4v) is 5.72. The largest absolute Gasteiger partial charge is 0.487 e. The van der Waals surface area contributed by atoms with Gasteiger partial charge in [-0.1, -0.05) is 29.8 Å². The van der Waals surface area contributed by atoms with Gasteiger partial charge in [0.1, 0.15) is 11.4 Å². The van der Waals surface area contributed by atoms with E-state index in [-0.39, 0.29) is 42.1 Å². The van der Waals surface area contributed by atoms with Crippen molar-refractivity contribution < 1.29 is 14.3 Å². The molecule has 0 spiro atoms. The van der Waals surface area contributed by atoms with Gasteiger partial charge in [-0.05, 0) is 57.7 Å². The molecule has 3 heterocycles. The van der Waals surface area contributed by atoms with Crippen molar-refractivity contribution in [3.05, 3.63) is 58.9 Å². The Morgan fingerprint density at radius 3 is 2.72 bits per heavy atom. The molecular formula is C27H32ClN5O3. The summed E-state index contributed by atoms with van der Waals surface area (Å²) in [5.74, 6) is 0.378. The summed E-state index contributed by atoms with van der Waals surface area (Å²) in [7, 11) is 0. The van der Waals surface area contributed by atoms with E-state index in [4.69, 9.17) is 22.1 Å². The van der Waals surface area contributed by atoms with Gasteiger partial charge in [0, 0.05) is 30.3 Å². The fourth-order valence-electron chi connectivity index (χ4n) is 5.54. The van der Waals surface area contributed by atoms with E-state index in [2.05, 4.69) is 15.3 Å². The molecule has 190 valence electrons. The number of aromatic nitrogens is 1. The van der Waals surface area contributed by atoms with Gasteiger partial charge in [0.15, 0.2) is 5.96 Å². The molecule has 3 N–H and O–H groups in total. The number of fused-ring (bicyclic) bond motifs is 1. The number of rotatable bonds is 5. The highest BCUT2D eigenvalue weighted by molar-refractivity contribution is 6.30. The third kappa shape index (κ3) is 4.78. The Kier molecular flexibility index (Phi) is 5.98. The number of nitrogens with zero attached hydrogens (tertiary/aromatic N) is 3. The highest BCUT2D eigenvalue weighted by Gasteiger charge is 2.53. The molecule has 1 aliphatic carbocycles. The molecule has 3 aliphatic rings. The zero-order chi connectivity index (χ0) is 25.8. The molecule has 2 aromatic rings. The van der Waals surface area contributed by atoms with Crippen LogP contribution in [0, 0.1) is 11.8 Å². The summed E-state index contributed by atoms with van der Waals surface area (Å²) in [6.45, 7) is 7.81. The minimum absolute atomic E-state index is 0.0437. The first-order chi connectivity index (χ1) is 16.9. The molecule has 0 bridgehead atoms. The highest BCUT2D eigenvalue weighted by atomic mass is 35.5. The Labute approximate surface area is 216 Å². The number of benzene rings is 1. The number of ether oxygens (including phenoxy) is 1. The number of pyridine rings is 1. The van der Waals surface area contributed by atoms with Gasteiger partial charge in [-0.25, -0.2) is 4.99 Å². The van der Waals surface area contributed by atoms with E-state index in [0.29, 0.717) is 17.9 Å². The van der Waals surface area contributed by atoms with Crippen LogP contribution < -0.4 is 15.8 Å². The minimum Gasteiger partial charge on any atom is -0.487 e. The van der Waals surface area contributed by atoms with Gasteiger partial charge in [-0.15, -0.1) is 0 Å². The number of guanidine groups is 1.